The molecule has 0 bridgehead atoms. The zero-order valence-electron chi connectivity index (χ0n) is 12.2. The van der Waals surface area contributed by atoms with Crippen LogP contribution in [0.25, 0.3) is 10.8 Å². The van der Waals surface area contributed by atoms with E-state index >= 15 is 0 Å². The van der Waals surface area contributed by atoms with Crippen LogP contribution in [0.3, 0.4) is 0 Å². The summed E-state index contributed by atoms with van der Waals surface area (Å²) in [6.07, 6.45) is 0. The third kappa shape index (κ3) is 2.82. The fraction of sp³-hybridized carbons (Fsp3) is 0.158. The average Bonchev–Trinajstić information content (AvgIpc) is 2.53. The highest BCUT2D eigenvalue weighted by atomic mass is 15.0. The van der Waals surface area contributed by atoms with Crippen molar-refractivity contribution in [2.75, 3.05) is 6.67 Å². The molecule has 0 aliphatic carbocycles. The Morgan fingerprint density at radius 2 is 1.62 bits per heavy atom. The van der Waals surface area contributed by atoms with E-state index in [9.17, 15) is 0 Å². The standard InChI is InChI=1S/C19H20N2/c1-14-6-2-5-9-18(14)19(21-13-20)17-11-10-15-7-3-4-8-16(15)12-17/h2-12,19,21H,13,20H2,1H3. The van der Waals surface area contributed by atoms with Crippen molar-refractivity contribution in [2.24, 2.45) is 5.73 Å². The molecule has 0 aliphatic heterocycles. The molecule has 0 aliphatic rings. The lowest BCUT2D eigenvalue weighted by Gasteiger charge is -2.21. The third-order valence-electron chi connectivity index (χ3n) is 3.93. The number of benzene rings is 3. The number of hydrogen-bond acceptors (Lipinski definition) is 2. The summed E-state index contributed by atoms with van der Waals surface area (Å²) >= 11 is 0. The van der Waals surface area contributed by atoms with E-state index in [2.05, 4.69) is 79.0 Å². The van der Waals surface area contributed by atoms with Crippen molar-refractivity contribution < 1.29 is 0 Å². The monoisotopic (exact) mass is 276 g/mol. The van der Waals surface area contributed by atoms with Gasteiger partial charge in [-0.3, -0.25) is 5.32 Å². The molecule has 0 spiro atoms. The van der Waals surface area contributed by atoms with Crippen molar-refractivity contribution >= 4 is 10.8 Å². The Morgan fingerprint density at radius 3 is 2.38 bits per heavy atom. The van der Waals surface area contributed by atoms with Gasteiger partial charge >= 0.3 is 0 Å². The maximum absolute atomic E-state index is 5.76. The Kier molecular flexibility index (Phi) is 4.00. The van der Waals surface area contributed by atoms with Crippen LogP contribution < -0.4 is 11.1 Å². The fourth-order valence-corrected chi connectivity index (χ4v) is 2.82. The topological polar surface area (TPSA) is 38.0 Å². The Balaban J connectivity index is 2.09. The van der Waals surface area contributed by atoms with Crippen LogP contribution in [-0.4, -0.2) is 6.67 Å². The minimum absolute atomic E-state index is 0.126. The van der Waals surface area contributed by atoms with Gasteiger partial charge in [0.1, 0.15) is 0 Å². The smallest absolute Gasteiger partial charge is 0.0589 e. The van der Waals surface area contributed by atoms with Crippen LogP contribution in [0.15, 0.2) is 66.7 Å². The molecule has 2 heteroatoms. The van der Waals surface area contributed by atoms with E-state index in [0.29, 0.717) is 6.67 Å². The SMILES string of the molecule is Cc1ccccc1C(NCN)c1ccc2ccccc2c1. The van der Waals surface area contributed by atoms with Gasteiger partial charge in [-0.05, 0) is 40.5 Å². The highest BCUT2D eigenvalue weighted by Gasteiger charge is 2.15. The molecule has 0 amide bonds. The van der Waals surface area contributed by atoms with Crippen molar-refractivity contribution in [3.63, 3.8) is 0 Å². The number of hydrogen-bond donors (Lipinski definition) is 2. The summed E-state index contributed by atoms with van der Waals surface area (Å²) < 4.78 is 0. The van der Waals surface area contributed by atoms with E-state index in [1.807, 2.05) is 0 Å². The zero-order valence-corrected chi connectivity index (χ0v) is 12.2. The molecule has 0 radical (unpaired) electrons. The normalized spacial score (nSPS) is 12.5. The summed E-state index contributed by atoms with van der Waals surface area (Å²) in [7, 11) is 0. The Hall–Kier alpha value is -2.16. The minimum Gasteiger partial charge on any atom is -0.318 e. The Morgan fingerprint density at radius 1 is 0.905 bits per heavy atom. The van der Waals surface area contributed by atoms with Gasteiger partial charge in [0, 0.05) is 6.67 Å². The van der Waals surface area contributed by atoms with E-state index < -0.39 is 0 Å². The number of rotatable bonds is 4. The lowest BCUT2D eigenvalue weighted by atomic mass is 9.93. The minimum atomic E-state index is 0.126. The largest absolute Gasteiger partial charge is 0.318 e. The van der Waals surface area contributed by atoms with Crippen molar-refractivity contribution in [2.45, 2.75) is 13.0 Å². The molecule has 3 rings (SSSR count). The molecular weight excluding hydrogens is 256 g/mol. The highest BCUT2D eigenvalue weighted by Crippen LogP contribution is 2.27. The van der Waals surface area contributed by atoms with Gasteiger partial charge in [-0.15, -0.1) is 0 Å². The first-order chi connectivity index (χ1) is 10.3. The number of fused-ring (bicyclic) bond motifs is 1. The lowest BCUT2D eigenvalue weighted by Crippen LogP contribution is -2.28. The first-order valence-electron chi connectivity index (χ1n) is 7.27. The molecule has 3 aromatic rings. The second kappa shape index (κ2) is 6.08. The lowest BCUT2D eigenvalue weighted by molar-refractivity contribution is 0.617. The van der Waals surface area contributed by atoms with Crippen molar-refractivity contribution in [3.05, 3.63) is 83.4 Å². The van der Waals surface area contributed by atoms with Gasteiger partial charge in [-0.1, -0.05) is 60.7 Å². The molecule has 0 saturated carbocycles. The summed E-state index contributed by atoms with van der Waals surface area (Å²) in [5.41, 5.74) is 9.55. The molecule has 106 valence electrons. The maximum Gasteiger partial charge on any atom is 0.0589 e. The Labute approximate surface area is 125 Å². The first-order valence-corrected chi connectivity index (χ1v) is 7.27. The summed E-state index contributed by atoms with van der Waals surface area (Å²) in [5.74, 6) is 0. The van der Waals surface area contributed by atoms with E-state index in [0.717, 1.165) is 0 Å². The van der Waals surface area contributed by atoms with Gasteiger partial charge in [0.25, 0.3) is 0 Å². The summed E-state index contributed by atoms with van der Waals surface area (Å²) in [6, 6.07) is 23.6. The van der Waals surface area contributed by atoms with Crippen LogP contribution in [0.2, 0.25) is 0 Å². The molecule has 1 unspecified atom stereocenters. The van der Waals surface area contributed by atoms with E-state index in [-0.39, 0.29) is 6.04 Å². The molecule has 0 heterocycles. The van der Waals surface area contributed by atoms with Gasteiger partial charge in [-0.25, -0.2) is 0 Å². The summed E-state index contributed by atoms with van der Waals surface area (Å²) in [4.78, 5) is 0. The zero-order chi connectivity index (χ0) is 14.7. The molecule has 1 atom stereocenters. The average molecular weight is 276 g/mol. The second-order valence-corrected chi connectivity index (χ2v) is 5.30. The van der Waals surface area contributed by atoms with Crippen molar-refractivity contribution in [3.8, 4) is 0 Å². The van der Waals surface area contributed by atoms with Crippen LogP contribution in [0.4, 0.5) is 0 Å². The molecule has 2 nitrogen and oxygen atoms in total. The third-order valence-corrected chi connectivity index (χ3v) is 3.93. The van der Waals surface area contributed by atoms with Crippen molar-refractivity contribution in [1.82, 2.24) is 5.32 Å². The van der Waals surface area contributed by atoms with Gasteiger partial charge in [0.2, 0.25) is 0 Å². The molecule has 0 fully saturated rings. The number of nitrogens with one attached hydrogen (secondary N) is 1. The maximum atomic E-state index is 5.76. The van der Waals surface area contributed by atoms with Crippen LogP contribution >= 0.6 is 0 Å². The van der Waals surface area contributed by atoms with Crippen LogP contribution in [0.5, 0.6) is 0 Å². The molecule has 3 aromatic carbocycles. The number of nitrogens with two attached hydrogens (primary N) is 1. The van der Waals surface area contributed by atoms with Crippen LogP contribution in [0.1, 0.15) is 22.7 Å². The quantitative estimate of drug-likeness (QED) is 0.712. The fourth-order valence-electron chi connectivity index (χ4n) is 2.82. The molecule has 21 heavy (non-hydrogen) atoms. The van der Waals surface area contributed by atoms with Gasteiger partial charge in [0.15, 0.2) is 0 Å². The van der Waals surface area contributed by atoms with E-state index in [4.69, 9.17) is 5.73 Å². The second-order valence-electron chi connectivity index (χ2n) is 5.30. The van der Waals surface area contributed by atoms with Gasteiger partial charge in [-0.2, -0.15) is 0 Å². The number of aryl methyl sites for hydroxylation is 1. The molecule has 0 aromatic heterocycles. The predicted octanol–water partition coefficient (Wildman–Crippen LogP) is 3.74. The molecular formula is C19H20N2. The van der Waals surface area contributed by atoms with Crippen LogP contribution in [0, 0.1) is 6.92 Å². The Bertz CT molecular complexity index is 749. The molecule has 0 saturated heterocycles. The van der Waals surface area contributed by atoms with Crippen molar-refractivity contribution in [1.29, 1.82) is 0 Å². The first kappa shape index (κ1) is 13.8. The van der Waals surface area contributed by atoms with Crippen LogP contribution in [-0.2, 0) is 0 Å². The highest BCUT2D eigenvalue weighted by molar-refractivity contribution is 5.83. The molecule has 3 N–H and O–H groups in total. The van der Waals surface area contributed by atoms with E-state index in [1.165, 1.54) is 27.5 Å². The van der Waals surface area contributed by atoms with Gasteiger partial charge in [0.05, 0.1) is 6.04 Å². The summed E-state index contributed by atoms with van der Waals surface area (Å²) in [6.45, 7) is 2.59. The predicted molar refractivity (Wildman–Crippen MR) is 89.2 cm³/mol. The van der Waals surface area contributed by atoms with Gasteiger partial charge < -0.3 is 5.73 Å². The van der Waals surface area contributed by atoms with E-state index in [1.54, 1.807) is 0 Å². The summed E-state index contributed by atoms with van der Waals surface area (Å²) in [5, 5.41) is 5.92.